The Morgan fingerprint density at radius 3 is 2.31 bits per heavy atom. The SMILES string of the molecule is CC[C@H](C(=O)NC(C)(C)C)N(Cc1cccc(OC)c1)C(=O)CCCN(C)S(=O)(=O)c1ccccc1. The highest BCUT2D eigenvalue weighted by Crippen LogP contribution is 2.20. The van der Waals surface area contributed by atoms with E-state index in [1.54, 1.807) is 42.3 Å². The smallest absolute Gasteiger partial charge is 0.243 e. The fraction of sp³-hybridized carbons (Fsp3) is 0.481. The maximum absolute atomic E-state index is 13.4. The average molecular weight is 518 g/mol. The lowest BCUT2D eigenvalue weighted by atomic mass is 10.0. The zero-order valence-electron chi connectivity index (χ0n) is 22.2. The van der Waals surface area contributed by atoms with Crippen molar-refractivity contribution in [2.45, 2.75) is 70.0 Å². The van der Waals surface area contributed by atoms with E-state index in [1.807, 2.05) is 52.0 Å². The van der Waals surface area contributed by atoms with Gasteiger partial charge in [0.15, 0.2) is 0 Å². The predicted octanol–water partition coefficient (Wildman–Crippen LogP) is 3.82. The van der Waals surface area contributed by atoms with E-state index < -0.39 is 21.6 Å². The van der Waals surface area contributed by atoms with Crippen molar-refractivity contribution in [3.63, 3.8) is 0 Å². The highest BCUT2D eigenvalue weighted by molar-refractivity contribution is 7.89. The highest BCUT2D eigenvalue weighted by atomic mass is 32.2. The molecule has 0 fully saturated rings. The maximum atomic E-state index is 13.4. The van der Waals surface area contributed by atoms with Crippen molar-refractivity contribution in [3.05, 3.63) is 60.2 Å². The van der Waals surface area contributed by atoms with Gasteiger partial charge in [-0.1, -0.05) is 37.3 Å². The standard InChI is InChI=1S/C27H39N3O5S/c1-7-24(26(32)28-27(2,3)4)30(20-21-13-11-14-22(19-21)35-6)25(31)17-12-18-29(5)36(33,34)23-15-9-8-10-16-23/h8-11,13-16,19,24H,7,12,17-18,20H2,1-6H3,(H,28,32)/t24-/m1/s1. The monoisotopic (exact) mass is 517 g/mol. The Balaban J connectivity index is 2.18. The number of rotatable bonds is 12. The molecule has 2 aromatic carbocycles. The molecule has 0 aliphatic rings. The summed E-state index contributed by atoms with van der Waals surface area (Å²) in [5, 5.41) is 2.98. The van der Waals surface area contributed by atoms with Crippen LogP contribution in [-0.4, -0.2) is 61.7 Å². The predicted molar refractivity (Wildman–Crippen MR) is 141 cm³/mol. The third kappa shape index (κ3) is 8.34. The molecular weight excluding hydrogens is 478 g/mol. The summed E-state index contributed by atoms with van der Waals surface area (Å²) >= 11 is 0. The first kappa shape index (κ1) is 29.3. The van der Waals surface area contributed by atoms with Crippen LogP contribution in [0.1, 0.15) is 52.5 Å². The highest BCUT2D eigenvalue weighted by Gasteiger charge is 2.30. The lowest BCUT2D eigenvalue weighted by molar-refractivity contribution is -0.142. The molecule has 2 amide bonds. The van der Waals surface area contributed by atoms with Gasteiger partial charge in [0.2, 0.25) is 21.8 Å². The van der Waals surface area contributed by atoms with E-state index in [-0.39, 0.29) is 36.2 Å². The number of methoxy groups -OCH3 is 1. The lowest BCUT2D eigenvalue weighted by Crippen LogP contribution is -2.53. The van der Waals surface area contributed by atoms with Crippen molar-refractivity contribution in [2.75, 3.05) is 20.7 Å². The summed E-state index contributed by atoms with van der Waals surface area (Å²) in [4.78, 5) is 28.3. The Kier molecular flexibility index (Phi) is 10.5. The molecule has 1 N–H and O–H groups in total. The number of nitrogens with one attached hydrogen (secondary N) is 1. The van der Waals surface area contributed by atoms with Crippen molar-refractivity contribution in [1.82, 2.24) is 14.5 Å². The van der Waals surface area contributed by atoms with Gasteiger partial charge in [0.1, 0.15) is 11.8 Å². The number of amides is 2. The van der Waals surface area contributed by atoms with Gasteiger partial charge in [0.25, 0.3) is 0 Å². The molecule has 0 aliphatic heterocycles. The Bertz CT molecular complexity index is 1110. The fourth-order valence-corrected chi connectivity index (χ4v) is 5.06. The van der Waals surface area contributed by atoms with Gasteiger partial charge in [-0.05, 0) is 63.4 Å². The molecule has 0 bridgehead atoms. The zero-order chi connectivity index (χ0) is 26.9. The topological polar surface area (TPSA) is 96.0 Å². The van der Waals surface area contributed by atoms with Gasteiger partial charge in [-0.15, -0.1) is 0 Å². The van der Waals surface area contributed by atoms with Crippen LogP contribution in [0.2, 0.25) is 0 Å². The molecule has 0 heterocycles. The van der Waals surface area contributed by atoms with E-state index in [2.05, 4.69) is 5.32 Å². The van der Waals surface area contributed by atoms with Gasteiger partial charge in [0.05, 0.1) is 12.0 Å². The van der Waals surface area contributed by atoms with Gasteiger partial charge in [0, 0.05) is 32.1 Å². The molecule has 1 atom stereocenters. The van der Waals surface area contributed by atoms with Crippen LogP contribution in [0.4, 0.5) is 0 Å². The van der Waals surface area contributed by atoms with E-state index in [9.17, 15) is 18.0 Å². The normalized spacial score (nSPS) is 12.8. The molecule has 0 radical (unpaired) electrons. The number of hydrogen-bond acceptors (Lipinski definition) is 5. The first-order chi connectivity index (χ1) is 16.9. The van der Waals surface area contributed by atoms with Gasteiger partial charge >= 0.3 is 0 Å². The molecule has 0 spiro atoms. The first-order valence-corrected chi connectivity index (χ1v) is 13.6. The quantitative estimate of drug-likeness (QED) is 0.462. The van der Waals surface area contributed by atoms with E-state index >= 15 is 0 Å². The number of benzene rings is 2. The second-order valence-corrected chi connectivity index (χ2v) is 11.8. The third-order valence-electron chi connectivity index (χ3n) is 5.69. The molecule has 0 aromatic heterocycles. The Morgan fingerprint density at radius 1 is 1.06 bits per heavy atom. The van der Waals surface area contributed by atoms with Crippen molar-refractivity contribution in [3.8, 4) is 5.75 Å². The van der Waals surface area contributed by atoms with Gasteiger partial charge in [-0.2, -0.15) is 0 Å². The van der Waals surface area contributed by atoms with E-state index in [1.165, 1.54) is 11.4 Å². The van der Waals surface area contributed by atoms with E-state index in [0.29, 0.717) is 18.6 Å². The summed E-state index contributed by atoms with van der Waals surface area (Å²) in [6.07, 6.45) is 0.880. The second-order valence-electron chi connectivity index (χ2n) is 9.78. The van der Waals surface area contributed by atoms with Crippen LogP contribution >= 0.6 is 0 Å². The van der Waals surface area contributed by atoms with Crippen molar-refractivity contribution in [1.29, 1.82) is 0 Å². The number of ether oxygens (including phenoxy) is 1. The molecular formula is C27H39N3O5S. The van der Waals surface area contributed by atoms with E-state index in [0.717, 1.165) is 5.56 Å². The molecule has 198 valence electrons. The molecule has 2 rings (SSSR count). The number of carbonyl (C=O) groups excluding carboxylic acids is 2. The first-order valence-electron chi connectivity index (χ1n) is 12.1. The average Bonchev–Trinajstić information content (AvgIpc) is 2.83. The van der Waals surface area contributed by atoms with Crippen LogP contribution < -0.4 is 10.1 Å². The van der Waals surface area contributed by atoms with Crippen LogP contribution in [0, 0.1) is 0 Å². The van der Waals surface area contributed by atoms with Crippen LogP contribution in [-0.2, 0) is 26.2 Å². The minimum absolute atomic E-state index is 0.109. The van der Waals surface area contributed by atoms with Crippen LogP contribution in [0.3, 0.4) is 0 Å². The molecule has 0 aliphatic carbocycles. The number of nitrogens with zero attached hydrogens (tertiary/aromatic N) is 2. The summed E-state index contributed by atoms with van der Waals surface area (Å²) in [5.74, 6) is 0.240. The molecule has 8 nitrogen and oxygen atoms in total. The Labute approximate surface area is 215 Å². The molecule has 0 saturated heterocycles. The summed E-state index contributed by atoms with van der Waals surface area (Å²) < 4.78 is 32.1. The summed E-state index contributed by atoms with van der Waals surface area (Å²) in [5.41, 5.74) is 0.400. The number of carbonyl (C=O) groups is 2. The van der Waals surface area contributed by atoms with Gasteiger partial charge in [-0.3, -0.25) is 9.59 Å². The molecule has 36 heavy (non-hydrogen) atoms. The fourth-order valence-electron chi connectivity index (χ4n) is 3.83. The number of sulfonamides is 1. The van der Waals surface area contributed by atoms with Gasteiger partial charge in [-0.25, -0.2) is 12.7 Å². The molecule has 9 heteroatoms. The largest absolute Gasteiger partial charge is 0.497 e. The molecule has 0 saturated carbocycles. The third-order valence-corrected chi connectivity index (χ3v) is 7.56. The Hall–Kier alpha value is -2.91. The van der Waals surface area contributed by atoms with Crippen LogP contribution in [0.25, 0.3) is 0 Å². The van der Waals surface area contributed by atoms with Gasteiger partial charge < -0.3 is 15.0 Å². The van der Waals surface area contributed by atoms with Crippen molar-refractivity contribution in [2.24, 2.45) is 0 Å². The minimum atomic E-state index is -3.64. The van der Waals surface area contributed by atoms with Crippen molar-refractivity contribution >= 4 is 21.8 Å². The van der Waals surface area contributed by atoms with Crippen LogP contribution in [0.5, 0.6) is 5.75 Å². The van der Waals surface area contributed by atoms with Crippen LogP contribution in [0.15, 0.2) is 59.5 Å². The lowest BCUT2D eigenvalue weighted by Gasteiger charge is -2.33. The summed E-state index contributed by atoms with van der Waals surface area (Å²) in [7, 11) is -0.554. The minimum Gasteiger partial charge on any atom is -0.497 e. The summed E-state index contributed by atoms with van der Waals surface area (Å²) in [6.45, 7) is 7.99. The second kappa shape index (κ2) is 12.9. The number of hydrogen-bond donors (Lipinski definition) is 1. The molecule has 2 aromatic rings. The Morgan fingerprint density at radius 2 is 1.72 bits per heavy atom. The summed E-state index contributed by atoms with van der Waals surface area (Å²) in [6, 6.07) is 14.9. The van der Waals surface area contributed by atoms with E-state index in [4.69, 9.17) is 4.74 Å². The maximum Gasteiger partial charge on any atom is 0.243 e. The zero-order valence-corrected chi connectivity index (χ0v) is 23.0. The molecule has 0 unspecified atom stereocenters. The van der Waals surface area contributed by atoms with Crippen molar-refractivity contribution < 1.29 is 22.7 Å².